The Labute approximate surface area is 258 Å². The monoisotopic (exact) mass is 646 g/mol. The molecule has 1 aromatic carbocycles. The third kappa shape index (κ3) is 5.67. The number of hydrogen-bond acceptors (Lipinski definition) is 9. The van der Waals surface area contributed by atoms with Crippen LogP contribution in [-0.2, 0) is 16.0 Å². The minimum atomic E-state index is -4.79. The molecule has 4 heterocycles. The van der Waals surface area contributed by atoms with Crippen molar-refractivity contribution in [3.05, 3.63) is 46.5 Å². The van der Waals surface area contributed by atoms with E-state index in [1.807, 2.05) is 12.1 Å². The number of carbonyl (C=O) groups excluding carboxylic acids is 1. The Morgan fingerprint density at radius 1 is 1.05 bits per heavy atom. The molecule has 4 aliphatic rings. The fourth-order valence-electron chi connectivity index (χ4n) is 6.04. The van der Waals surface area contributed by atoms with E-state index < -0.39 is 33.2 Å². The molecule has 0 bridgehead atoms. The number of nitrogens with zero attached hydrogens (tertiary/aromatic N) is 5. The Morgan fingerprint density at radius 3 is 2.45 bits per heavy atom. The summed E-state index contributed by atoms with van der Waals surface area (Å²) in [4.78, 5) is 27.6. The number of benzene rings is 1. The fraction of sp³-hybridized carbons (Fsp3) is 0.500. The van der Waals surface area contributed by atoms with Crippen molar-refractivity contribution in [2.75, 3.05) is 55.2 Å². The van der Waals surface area contributed by atoms with Gasteiger partial charge < -0.3 is 20.0 Å². The van der Waals surface area contributed by atoms with Crippen molar-refractivity contribution in [1.82, 2.24) is 19.8 Å². The predicted molar refractivity (Wildman–Crippen MR) is 162 cm³/mol. The lowest BCUT2D eigenvalue weighted by atomic mass is 10.1. The first kappa shape index (κ1) is 29.5. The molecule has 3 aromatic rings. The molecule has 9 nitrogen and oxygen atoms in total. The van der Waals surface area contributed by atoms with Gasteiger partial charge in [0.2, 0.25) is 5.95 Å². The standard InChI is InChI=1S/C30H33F3N6O3S2/c1-2-37-9-11-38(12-10-37)20-7-8-23(21(15-20)18-3-4-18)35-29-34-17-22(30(31,32)33)26(36-29)24-16-25-27(43-24)28(40)39(19-5-6-19)13-14-44(25,41)42/h7-8,15-19H,2-6,9-14H2,1H3,(H,34,35,36). The van der Waals surface area contributed by atoms with E-state index >= 15 is 0 Å². The molecule has 2 aliphatic heterocycles. The first-order valence-corrected chi connectivity index (χ1v) is 17.5. The molecule has 2 saturated carbocycles. The van der Waals surface area contributed by atoms with Crippen LogP contribution in [0.3, 0.4) is 0 Å². The van der Waals surface area contributed by atoms with E-state index in [2.05, 4.69) is 38.1 Å². The van der Waals surface area contributed by atoms with Crippen molar-refractivity contribution in [1.29, 1.82) is 0 Å². The van der Waals surface area contributed by atoms with E-state index in [1.165, 1.54) is 11.0 Å². The summed E-state index contributed by atoms with van der Waals surface area (Å²) >= 11 is 0.747. The number of nitrogens with one attached hydrogen (secondary N) is 1. The zero-order chi connectivity index (χ0) is 30.8. The zero-order valence-corrected chi connectivity index (χ0v) is 25.9. The number of thiophene rings is 1. The van der Waals surface area contributed by atoms with Gasteiger partial charge in [0.15, 0.2) is 9.84 Å². The van der Waals surface area contributed by atoms with Crippen molar-refractivity contribution in [3.63, 3.8) is 0 Å². The summed E-state index contributed by atoms with van der Waals surface area (Å²) in [6.45, 7) is 7.11. The maximum Gasteiger partial charge on any atom is 0.420 e. The molecule has 0 spiro atoms. The summed E-state index contributed by atoms with van der Waals surface area (Å²) in [6, 6.07) is 7.25. The van der Waals surface area contributed by atoms with Gasteiger partial charge in [-0.1, -0.05) is 6.92 Å². The number of sulfone groups is 1. The van der Waals surface area contributed by atoms with Crippen LogP contribution in [0.1, 0.15) is 59.3 Å². The highest BCUT2D eigenvalue weighted by Gasteiger charge is 2.42. The Morgan fingerprint density at radius 2 is 1.80 bits per heavy atom. The van der Waals surface area contributed by atoms with Gasteiger partial charge in [-0.2, -0.15) is 13.2 Å². The molecular formula is C30H33F3N6O3S2. The number of halogens is 3. The van der Waals surface area contributed by atoms with Gasteiger partial charge in [0.1, 0.15) is 10.4 Å². The molecular weight excluding hydrogens is 613 g/mol. The average molecular weight is 647 g/mol. The number of anilines is 3. The summed E-state index contributed by atoms with van der Waals surface area (Å²) in [6.07, 6.45) is -0.429. The molecule has 0 unspecified atom stereocenters. The van der Waals surface area contributed by atoms with Gasteiger partial charge >= 0.3 is 6.18 Å². The Bertz CT molecular complexity index is 1710. The van der Waals surface area contributed by atoms with Gasteiger partial charge in [-0.25, -0.2) is 18.4 Å². The molecule has 44 heavy (non-hydrogen) atoms. The lowest BCUT2D eigenvalue weighted by Gasteiger charge is -2.35. The SMILES string of the molecule is CCN1CCN(c2ccc(Nc3ncc(C(F)(F)F)c(-c4cc5c(s4)C(=O)N(C4CC4)CCS5(=O)=O)n3)c(C3CC3)c2)CC1. The maximum absolute atomic E-state index is 14.2. The lowest BCUT2D eigenvalue weighted by molar-refractivity contribution is -0.137. The van der Waals surface area contributed by atoms with E-state index in [1.54, 1.807) is 0 Å². The van der Waals surface area contributed by atoms with Crippen LogP contribution in [0.15, 0.2) is 35.4 Å². The molecule has 14 heteroatoms. The first-order chi connectivity index (χ1) is 21.0. The largest absolute Gasteiger partial charge is 0.420 e. The third-order valence-electron chi connectivity index (χ3n) is 8.89. The van der Waals surface area contributed by atoms with E-state index in [0.29, 0.717) is 5.92 Å². The van der Waals surface area contributed by atoms with Crippen molar-refractivity contribution < 1.29 is 26.4 Å². The van der Waals surface area contributed by atoms with E-state index in [-0.39, 0.29) is 38.9 Å². The molecule has 0 radical (unpaired) electrons. The van der Waals surface area contributed by atoms with Crippen LogP contribution < -0.4 is 10.2 Å². The van der Waals surface area contributed by atoms with Crippen molar-refractivity contribution >= 4 is 44.4 Å². The van der Waals surface area contributed by atoms with Crippen LogP contribution in [0.4, 0.5) is 30.5 Å². The summed E-state index contributed by atoms with van der Waals surface area (Å²) in [5.74, 6) is -0.403. The van der Waals surface area contributed by atoms with Crippen LogP contribution >= 0.6 is 11.3 Å². The van der Waals surface area contributed by atoms with Crippen molar-refractivity contribution in [2.24, 2.45) is 0 Å². The Kier molecular flexibility index (Phi) is 7.36. The van der Waals surface area contributed by atoms with E-state index in [0.717, 1.165) is 92.9 Å². The predicted octanol–water partition coefficient (Wildman–Crippen LogP) is 5.38. The first-order valence-electron chi connectivity index (χ1n) is 15.0. The summed E-state index contributed by atoms with van der Waals surface area (Å²) in [5.41, 5.74) is 1.38. The van der Waals surface area contributed by atoms with Crippen LogP contribution in [0.25, 0.3) is 10.6 Å². The van der Waals surface area contributed by atoms with Gasteiger partial charge in [0.25, 0.3) is 5.91 Å². The maximum atomic E-state index is 14.2. The topological polar surface area (TPSA) is 98.7 Å². The highest BCUT2D eigenvalue weighted by molar-refractivity contribution is 7.91. The normalized spacial score (nSPS) is 20.9. The number of carbonyl (C=O) groups is 1. The molecule has 2 aliphatic carbocycles. The quantitative estimate of drug-likeness (QED) is 0.366. The number of fused-ring (bicyclic) bond motifs is 1. The molecule has 1 amide bonds. The average Bonchev–Trinajstić information content (AvgIpc) is 3.94. The smallest absolute Gasteiger partial charge is 0.369 e. The number of rotatable bonds is 7. The van der Waals surface area contributed by atoms with Gasteiger partial charge in [-0.05, 0) is 68.0 Å². The highest BCUT2D eigenvalue weighted by Crippen LogP contribution is 2.46. The highest BCUT2D eigenvalue weighted by atomic mass is 32.2. The van der Waals surface area contributed by atoms with Gasteiger partial charge in [0, 0.05) is 56.3 Å². The number of amides is 1. The molecule has 1 N–H and O–H groups in total. The van der Waals surface area contributed by atoms with Crippen LogP contribution in [0.5, 0.6) is 0 Å². The second kappa shape index (κ2) is 11.0. The minimum absolute atomic E-state index is 0.0252. The molecule has 1 saturated heterocycles. The van der Waals surface area contributed by atoms with Crippen molar-refractivity contribution in [3.8, 4) is 10.6 Å². The van der Waals surface area contributed by atoms with E-state index in [4.69, 9.17) is 0 Å². The van der Waals surface area contributed by atoms with Crippen molar-refractivity contribution in [2.45, 2.75) is 55.6 Å². The number of piperazine rings is 1. The van der Waals surface area contributed by atoms with E-state index in [9.17, 15) is 26.4 Å². The number of alkyl halides is 3. The molecule has 7 rings (SSSR count). The number of aromatic nitrogens is 2. The molecule has 3 fully saturated rings. The second-order valence-corrected chi connectivity index (χ2v) is 15.0. The minimum Gasteiger partial charge on any atom is -0.369 e. The zero-order valence-electron chi connectivity index (χ0n) is 24.2. The third-order valence-corrected chi connectivity index (χ3v) is 11.9. The van der Waals surface area contributed by atoms with Crippen LogP contribution in [0.2, 0.25) is 0 Å². The van der Waals surface area contributed by atoms with Gasteiger partial charge in [0.05, 0.1) is 21.2 Å². The van der Waals surface area contributed by atoms with Crippen LogP contribution in [0, 0.1) is 0 Å². The summed E-state index contributed by atoms with van der Waals surface area (Å²) in [5, 5.41) is 3.15. The lowest BCUT2D eigenvalue weighted by Crippen LogP contribution is -2.46. The molecule has 2 aromatic heterocycles. The molecule has 0 atom stereocenters. The van der Waals surface area contributed by atoms with Gasteiger partial charge in [-0.15, -0.1) is 11.3 Å². The number of likely N-dealkylation sites (N-methyl/N-ethyl adjacent to an activating group) is 1. The summed E-state index contributed by atoms with van der Waals surface area (Å²) < 4.78 is 68.8. The number of hydrogen-bond donors (Lipinski definition) is 1. The fourth-order valence-corrected chi connectivity index (χ4v) is 8.96. The Hall–Kier alpha value is -3.23. The molecule has 234 valence electrons. The summed E-state index contributed by atoms with van der Waals surface area (Å²) in [7, 11) is -3.87. The Balaban J connectivity index is 1.23. The van der Waals surface area contributed by atoms with Gasteiger partial charge in [-0.3, -0.25) is 4.79 Å². The second-order valence-electron chi connectivity index (χ2n) is 11.9. The van der Waals surface area contributed by atoms with Crippen LogP contribution in [-0.4, -0.2) is 85.2 Å².